The highest BCUT2D eigenvalue weighted by Crippen LogP contribution is 2.04. The number of ether oxygens (including phenoxy) is 2. The van der Waals surface area contributed by atoms with E-state index in [0.717, 1.165) is 6.42 Å². The van der Waals surface area contributed by atoms with Crippen LogP contribution in [0.4, 0.5) is 0 Å². The topological polar surface area (TPSA) is 18.5 Å². The predicted molar refractivity (Wildman–Crippen MR) is 46.5 cm³/mol. The summed E-state index contributed by atoms with van der Waals surface area (Å²) in [5, 5.41) is 0. The van der Waals surface area contributed by atoms with E-state index in [2.05, 4.69) is 13.8 Å². The van der Waals surface area contributed by atoms with Gasteiger partial charge in [0, 0.05) is 0 Å². The van der Waals surface area contributed by atoms with Crippen LogP contribution in [0.2, 0.25) is 0 Å². The normalized spacial score (nSPS) is 16.9. The van der Waals surface area contributed by atoms with Crippen molar-refractivity contribution < 1.29 is 9.47 Å². The van der Waals surface area contributed by atoms with Crippen LogP contribution in [0.25, 0.3) is 0 Å². The van der Waals surface area contributed by atoms with Crippen LogP contribution in [-0.4, -0.2) is 18.5 Å². The predicted octanol–water partition coefficient (Wildman–Crippen LogP) is 2.57. The standard InChI is InChI=1S/C9H20O2/c1-6-8(4)11-9(5)10-7(2)3/h7-9H,6H2,1-5H3. The largest absolute Gasteiger partial charge is 0.350 e. The molecule has 0 saturated carbocycles. The lowest BCUT2D eigenvalue weighted by molar-refractivity contribution is -0.173. The van der Waals surface area contributed by atoms with Crippen molar-refractivity contribution in [3.05, 3.63) is 0 Å². The van der Waals surface area contributed by atoms with Crippen LogP contribution in [0.15, 0.2) is 0 Å². The van der Waals surface area contributed by atoms with E-state index in [1.54, 1.807) is 0 Å². The van der Waals surface area contributed by atoms with Crippen LogP contribution in [0.5, 0.6) is 0 Å². The fourth-order valence-electron chi connectivity index (χ4n) is 0.839. The van der Waals surface area contributed by atoms with E-state index in [1.165, 1.54) is 0 Å². The fourth-order valence-corrected chi connectivity index (χ4v) is 0.839. The van der Waals surface area contributed by atoms with Crippen molar-refractivity contribution >= 4 is 0 Å². The van der Waals surface area contributed by atoms with Crippen molar-refractivity contribution in [1.29, 1.82) is 0 Å². The van der Waals surface area contributed by atoms with Crippen molar-refractivity contribution in [3.63, 3.8) is 0 Å². The van der Waals surface area contributed by atoms with Gasteiger partial charge in [0.1, 0.15) is 0 Å². The minimum atomic E-state index is -0.0788. The maximum atomic E-state index is 5.49. The summed E-state index contributed by atoms with van der Waals surface area (Å²) >= 11 is 0. The monoisotopic (exact) mass is 160 g/mol. The molecule has 0 aromatic heterocycles. The quantitative estimate of drug-likeness (QED) is 0.575. The Hall–Kier alpha value is -0.0800. The van der Waals surface area contributed by atoms with Gasteiger partial charge in [-0.3, -0.25) is 0 Å². The Morgan fingerprint density at radius 1 is 1.00 bits per heavy atom. The van der Waals surface area contributed by atoms with Gasteiger partial charge in [0.2, 0.25) is 0 Å². The third-order valence-corrected chi connectivity index (χ3v) is 1.46. The summed E-state index contributed by atoms with van der Waals surface area (Å²) in [6.07, 6.45) is 1.49. The molecule has 2 heteroatoms. The Balaban J connectivity index is 3.43. The van der Waals surface area contributed by atoms with E-state index in [0.29, 0.717) is 6.10 Å². The van der Waals surface area contributed by atoms with Gasteiger partial charge in [0.15, 0.2) is 6.29 Å². The van der Waals surface area contributed by atoms with Crippen LogP contribution in [0, 0.1) is 0 Å². The average molecular weight is 160 g/mol. The smallest absolute Gasteiger partial charge is 0.155 e. The van der Waals surface area contributed by atoms with Crippen molar-refractivity contribution in [3.8, 4) is 0 Å². The molecule has 2 atom stereocenters. The van der Waals surface area contributed by atoms with Gasteiger partial charge in [-0.15, -0.1) is 0 Å². The van der Waals surface area contributed by atoms with Gasteiger partial charge in [-0.2, -0.15) is 0 Å². The van der Waals surface area contributed by atoms with Crippen LogP contribution in [0.1, 0.15) is 41.0 Å². The van der Waals surface area contributed by atoms with E-state index in [-0.39, 0.29) is 12.4 Å². The Labute approximate surface area is 69.9 Å². The molecule has 0 aliphatic carbocycles. The summed E-state index contributed by atoms with van der Waals surface area (Å²) in [7, 11) is 0. The van der Waals surface area contributed by atoms with Gasteiger partial charge >= 0.3 is 0 Å². The molecule has 68 valence electrons. The molecule has 11 heavy (non-hydrogen) atoms. The summed E-state index contributed by atoms with van der Waals surface area (Å²) in [4.78, 5) is 0. The molecule has 0 aromatic carbocycles. The highest BCUT2D eigenvalue weighted by molar-refractivity contribution is 4.46. The van der Waals surface area contributed by atoms with Gasteiger partial charge in [-0.1, -0.05) is 6.92 Å². The molecular weight excluding hydrogens is 140 g/mol. The van der Waals surface area contributed by atoms with E-state index >= 15 is 0 Å². The maximum Gasteiger partial charge on any atom is 0.155 e. The summed E-state index contributed by atoms with van der Waals surface area (Å²) in [5.74, 6) is 0. The third-order valence-electron chi connectivity index (χ3n) is 1.46. The van der Waals surface area contributed by atoms with Gasteiger partial charge in [-0.05, 0) is 34.1 Å². The van der Waals surface area contributed by atoms with Crippen LogP contribution < -0.4 is 0 Å². The van der Waals surface area contributed by atoms with Crippen molar-refractivity contribution in [1.82, 2.24) is 0 Å². The van der Waals surface area contributed by atoms with Crippen molar-refractivity contribution in [2.75, 3.05) is 0 Å². The van der Waals surface area contributed by atoms with Crippen LogP contribution in [0.3, 0.4) is 0 Å². The van der Waals surface area contributed by atoms with Gasteiger partial charge < -0.3 is 9.47 Å². The first kappa shape index (κ1) is 10.9. The Morgan fingerprint density at radius 3 is 1.91 bits per heavy atom. The summed E-state index contributed by atoms with van der Waals surface area (Å²) in [6.45, 7) is 10.1. The second-order valence-electron chi connectivity index (χ2n) is 3.11. The summed E-state index contributed by atoms with van der Waals surface area (Å²) < 4.78 is 10.9. The minimum Gasteiger partial charge on any atom is -0.350 e. The van der Waals surface area contributed by atoms with Gasteiger partial charge in [0.25, 0.3) is 0 Å². The van der Waals surface area contributed by atoms with E-state index in [1.807, 2.05) is 20.8 Å². The molecule has 2 nitrogen and oxygen atoms in total. The highest BCUT2D eigenvalue weighted by Gasteiger charge is 2.07. The molecule has 0 fully saturated rings. The Kier molecular flexibility index (Phi) is 5.51. The molecule has 0 amide bonds. The lowest BCUT2D eigenvalue weighted by Crippen LogP contribution is -2.22. The molecule has 0 radical (unpaired) electrons. The second kappa shape index (κ2) is 5.56. The van der Waals surface area contributed by atoms with Crippen molar-refractivity contribution in [2.45, 2.75) is 59.5 Å². The minimum absolute atomic E-state index is 0.0788. The Bertz CT molecular complexity index is 91.6. The fraction of sp³-hybridized carbons (Fsp3) is 1.00. The number of hydrogen-bond donors (Lipinski definition) is 0. The zero-order valence-corrected chi connectivity index (χ0v) is 8.26. The zero-order valence-electron chi connectivity index (χ0n) is 8.26. The first-order valence-corrected chi connectivity index (χ1v) is 4.37. The van der Waals surface area contributed by atoms with Crippen LogP contribution >= 0.6 is 0 Å². The summed E-state index contributed by atoms with van der Waals surface area (Å²) in [5.41, 5.74) is 0. The second-order valence-corrected chi connectivity index (χ2v) is 3.11. The molecule has 0 bridgehead atoms. The first-order valence-electron chi connectivity index (χ1n) is 4.37. The number of hydrogen-bond acceptors (Lipinski definition) is 2. The SMILES string of the molecule is CCC(C)OC(C)OC(C)C. The maximum absolute atomic E-state index is 5.49. The molecule has 0 spiro atoms. The molecule has 2 unspecified atom stereocenters. The molecule has 0 aromatic rings. The molecule has 0 aliphatic rings. The average Bonchev–Trinajstić information content (AvgIpc) is 1.85. The lowest BCUT2D eigenvalue weighted by Gasteiger charge is -2.20. The first-order chi connectivity index (χ1) is 5.06. The molecule has 0 aliphatic heterocycles. The molecule has 0 saturated heterocycles. The van der Waals surface area contributed by atoms with E-state index in [4.69, 9.17) is 9.47 Å². The van der Waals surface area contributed by atoms with Crippen LogP contribution in [-0.2, 0) is 9.47 Å². The number of rotatable bonds is 5. The molecule has 0 rings (SSSR count). The molecular formula is C9H20O2. The molecule has 0 heterocycles. The lowest BCUT2D eigenvalue weighted by atomic mass is 10.3. The highest BCUT2D eigenvalue weighted by atomic mass is 16.7. The summed E-state index contributed by atoms with van der Waals surface area (Å²) in [6, 6.07) is 0. The zero-order chi connectivity index (χ0) is 8.85. The third kappa shape index (κ3) is 6.32. The van der Waals surface area contributed by atoms with E-state index < -0.39 is 0 Å². The molecule has 0 N–H and O–H groups in total. The van der Waals surface area contributed by atoms with Gasteiger partial charge in [-0.25, -0.2) is 0 Å². The Morgan fingerprint density at radius 2 is 1.55 bits per heavy atom. The van der Waals surface area contributed by atoms with Gasteiger partial charge in [0.05, 0.1) is 12.2 Å². The van der Waals surface area contributed by atoms with Crippen molar-refractivity contribution in [2.24, 2.45) is 0 Å². The van der Waals surface area contributed by atoms with E-state index in [9.17, 15) is 0 Å².